The molecule has 2 aromatic rings. The smallest absolute Gasteiger partial charge is 0.254 e. The summed E-state index contributed by atoms with van der Waals surface area (Å²) in [6.07, 6.45) is 4.02. The second-order valence-electron chi connectivity index (χ2n) is 4.46. The average molecular weight is 258 g/mol. The lowest BCUT2D eigenvalue weighted by Crippen LogP contribution is -2.32. The molecule has 3 nitrogen and oxygen atoms in total. The van der Waals surface area contributed by atoms with Crippen LogP contribution in [0.4, 0.5) is 0 Å². The number of benzene rings is 1. The summed E-state index contributed by atoms with van der Waals surface area (Å²) >= 11 is 1.60. The van der Waals surface area contributed by atoms with Gasteiger partial charge in [-0.25, -0.2) is 4.98 Å². The lowest BCUT2D eigenvalue weighted by Gasteiger charge is -2.21. The van der Waals surface area contributed by atoms with E-state index in [1.165, 1.54) is 0 Å². The highest BCUT2D eigenvalue weighted by molar-refractivity contribution is 7.09. The van der Waals surface area contributed by atoms with Gasteiger partial charge in [-0.05, 0) is 25.0 Å². The van der Waals surface area contributed by atoms with Crippen LogP contribution in [0.3, 0.4) is 0 Å². The van der Waals surface area contributed by atoms with Crippen molar-refractivity contribution in [2.75, 3.05) is 0 Å². The standard InChI is InChI=1S/C14H14N2OS/c17-14(11-4-2-1-3-5-11)16(12-6-7-12)10-13-15-8-9-18-13/h1-5,8-9,12H,6-7,10H2. The van der Waals surface area contributed by atoms with Gasteiger partial charge in [-0.3, -0.25) is 4.79 Å². The summed E-state index contributed by atoms with van der Waals surface area (Å²) in [5.74, 6) is 0.119. The minimum atomic E-state index is 0.119. The molecular formula is C14H14N2OS. The summed E-state index contributed by atoms with van der Waals surface area (Å²) in [6.45, 7) is 0.635. The quantitative estimate of drug-likeness (QED) is 0.844. The summed E-state index contributed by atoms with van der Waals surface area (Å²) in [5, 5.41) is 2.96. The number of aromatic nitrogens is 1. The lowest BCUT2D eigenvalue weighted by atomic mass is 10.2. The van der Waals surface area contributed by atoms with Crippen molar-refractivity contribution >= 4 is 17.2 Å². The molecule has 1 aromatic carbocycles. The van der Waals surface area contributed by atoms with Crippen LogP contribution in [0.5, 0.6) is 0 Å². The Morgan fingerprint density at radius 1 is 1.33 bits per heavy atom. The topological polar surface area (TPSA) is 33.2 Å². The minimum absolute atomic E-state index is 0.119. The van der Waals surface area contributed by atoms with Gasteiger partial charge in [-0.15, -0.1) is 11.3 Å². The van der Waals surface area contributed by atoms with E-state index < -0.39 is 0 Å². The van der Waals surface area contributed by atoms with Crippen LogP contribution in [0.2, 0.25) is 0 Å². The summed E-state index contributed by atoms with van der Waals surface area (Å²) in [7, 11) is 0. The van der Waals surface area contributed by atoms with E-state index in [1.54, 1.807) is 17.5 Å². The molecule has 0 aliphatic heterocycles. The SMILES string of the molecule is O=C(c1ccccc1)N(Cc1nccs1)C1CC1. The fourth-order valence-electron chi connectivity index (χ4n) is 1.98. The lowest BCUT2D eigenvalue weighted by molar-refractivity contribution is 0.0730. The first-order valence-corrected chi connectivity index (χ1v) is 6.97. The van der Waals surface area contributed by atoms with Crippen LogP contribution in [0.15, 0.2) is 41.9 Å². The monoisotopic (exact) mass is 258 g/mol. The second-order valence-corrected chi connectivity index (χ2v) is 5.44. The molecule has 1 aliphatic carbocycles. The Kier molecular flexibility index (Phi) is 3.11. The molecule has 0 bridgehead atoms. The van der Waals surface area contributed by atoms with Crippen LogP contribution in [0, 0.1) is 0 Å². The third kappa shape index (κ3) is 2.43. The number of amides is 1. The third-order valence-corrected chi connectivity index (χ3v) is 3.82. The fraction of sp³-hybridized carbons (Fsp3) is 0.286. The van der Waals surface area contributed by atoms with E-state index in [-0.39, 0.29) is 5.91 Å². The first-order chi connectivity index (χ1) is 8.84. The van der Waals surface area contributed by atoms with E-state index in [2.05, 4.69) is 4.98 Å². The van der Waals surface area contributed by atoms with Crippen molar-refractivity contribution < 1.29 is 4.79 Å². The van der Waals surface area contributed by atoms with Gasteiger partial charge in [0.05, 0.1) is 6.54 Å². The van der Waals surface area contributed by atoms with Crippen LogP contribution in [0.1, 0.15) is 28.2 Å². The Labute approximate surface area is 110 Å². The normalized spacial score (nSPS) is 14.4. The van der Waals surface area contributed by atoms with Gasteiger partial charge in [-0.2, -0.15) is 0 Å². The van der Waals surface area contributed by atoms with E-state index in [0.29, 0.717) is 12.6 Å². The van der Waals surface area contributed by atoms with Gasteiger partial charge < -0.3 is 4.90 Å². The molecule has 4 heteroatoms. The van der Waals surface area contributed by atoms with Crippen molar-refractivity contribution in [2.45, 2.75) is 25.4 Å². The maximum Gasteiger partial charge on any atom is 0.254 e. The van der Waals surface area contributed by atoms with Crippen molar-refractivity contribution in [3.63, 3.8) is 0 Å². The number of rotatable bonds is 4. The maximum atomic E-state index is 12.5. The molecule has 0 spiro atoms. The molecule has 0 atom stereocenters. The van der Waals surface area contributed by atoms with Gasteiger partial charge in [0, 0.05) is 23.2 Å². The molecule has 1 saturated carbocycles. The van der Waals surface area contributed by atoms with Crippen LogP contribution in [0.25, 0.3) is 0 Å². The molecule has 0 N–H and O–H groups in total. The molecule has 1 aliphatic rings. The first kappa shape index (κ1) is 11.4. The molecule has 92 valence electrons. The molecule has 1 aromatic heterocycles. The third-order valence-electron chi connectivity index (χ3n) is 3.06. The van der Waals surface area contributed by atoms with Gasteiger partial charge in [0.1, 0.15) is 5.01 Å². The molecule has 1 fully saturated rings. The van der Waals surface area contributed by atoms with Crippen LogP contribution >= 0.6 is 11.3 Å². The Bertz CT molecular complexity index is 520. The zero-order valence-corrected chi connectivity index (χ0v) is 10.8. The Hall–Kier alpha value is -1.68. The van der Waals surface area contributed by atoms with Crippen molar-refractivity contribution in [1.29, 1.82) is 0 Å². The Morgan fingerprint density at radius 2 is 2.11 bits per heavy atom. The number of carbonyl (C=O) groups excluding carboxylic acids is 1. The molecular weight excluding hydrogens is 244 g/mol. The summed E-state index contributed by atoms with van der Waals surface area (Å²) < 4.78 is 0. The first-order valence-electron chi connectivity index (χ1n) is 6.09. The fourth-order valence-corrected chi connectivity index (χ4v) is 2.59. The van der Waals surface area contributed by atoms with Crippen molar-refractivity contribution in [1.82, 2.24) is 9.88 Å². The predicted octanol–water partition coefficient (Wildman–Crippen LogP) is 2.95. The van der Waals surface area contributed by atoms with Gasteiger partial charge in [0.2, 0.25) is 0 Å². The van der Waals surface area contributed by atoms with E-state index in [1.807, 2.05) is 40.6 Å². The van der Waals surface area contributed by atoms with Crippen molar-refractivity contribution in [3.05, 3.63) is 52.5 Å². The average Bonchev–Trinajstić information content (AvgIpc) is 3.13. The van der Waals surface area contributed by atoms with Crippen LogP contribution < -0.4 is 0 Å². The zero-order valence-electron chi connectivity index (χ0n) is 9.95. The largest absolute Gasteiger partial charge is 0.329 e. The highest BCUT2D eigenvalue weighted by Gasteiger charge is 2.33. The maximum absolute atomic E-state index is 12.5. The van der Waals surface area contributed by atoms with E-state index in [4.69, 9.17) is 0 Å². The van der Waals surface area contributed by atoms with Crippen LogP contribution in [-0.2, 0) is 6.54 Å². The van der Waals surface area contributed by atoms with Gasteiger partial charge in [0.25, 0.3) is 5.91 Å². The van der Waals surface area contributed by atoms with E-state index in [0.717, 1.165) is 23.4 Å². The zero-order chi connectivity index (χ0) is 12.4. The van der Waals surface area contributed by atoms with Crippen molar-refractivity contribution in [2.24, 2.45) is 0 Å². The predicted molar refractivity (Wildman–Crippen MR) is 71.5 cm³/mol. The molecule has 0 unspecified atom stereocenters. The molecule has 0 radical (unpaired) electrons. The number of thiazole rings is 1. The van der Waals surface area contributed by atoms with Gasteiger partial charge in [0.15, 0.2) is 0 Å². The number of nitrogens with zero attached hydrogens (tertiary/aromatic N) is 2. The number of carbonyl (C=O) groups is 1. The Balaban J connectivity index is 1.80. The molecule has 1 amide bonds. The van der Waals surface area contributed by atoms with Crippen molar-refractivity contribution in [3.8, 4) is 0 Å². The number of hydrogen-bond donors (Lipinski definition) is 0. The summed E-state index contributed by atoms with van der Waals surface area (Å²) in [5.41, 5.74) is 0.765. The molecule has 1 heterocycles. The van der Waals surface area contributed by atoms with E-state index in [9.17, 15) is 4.79 Å². The summed E-state index contributed by atoms with van der Waals surface area (Å²) in [4.78, 5) is 18.7. The minimum Gasteiger partial charge on any atom is -0.329 e. The molecule has 18 heavy (non-hydrogen) atoms. The molecule has 3 rings (SSSR count). The van der Waals surface area contributed by atoms with E-state index >= 15 is 0 Å². The second kappa shape index (κ2) is 4.90. The molecule has 0 saturated heterocycles. The highest BCUT2D eigenvalue weighted by atomic mass is 32.1. The Morgan fingerprint density at radius 3 is 2.72 bits per heavy atom. The van der Waals surface area contributed by atoms with Gasteiger partial charge >= 0.3 is 0 Å². The highest BCUT2D eigenvalue weighted by Crippen LogP contribution is 2.30. The van der Waals surface area contributed by atoms with Gasteiger partial charge in [-0.1, -0.05) is 18.2 Å². The number of hydrogen-bond acceptors (Lipinski definition) is 3. The summed E-state index contributed by atoms with van der Waals surface area (Å²) in [6, 6.07) is 9.89. The van der Waals surface area contributed by atoms with Crippen LogP contribution in [-0.4, -0.2) is 21.8 Å².